The SMILES string of the molecule is CCOC[C@@]12CCCO[C@@H]1CCN(Cc1c(C)noc1C)C2. The summed E-state index contributed by atoms with van der Waals surface area (Å²) in [6.07, 6.45) is 3.79. The Morgan fingerprint density at radius 2 is 2.27 bits per heavy atom. The molecule has 5 nitrogen and oxygen atoms in total. The third-order valence-electron chi connectivity index (χ3n) is 5.22. The number of hydrogen-bond donors (Lipinski definition) is 0. The average Bonchev–Trinajstić information content (AvgIpc) is 2.84. The van der Waals surface area contributed by atoms with Crippen LogP contribution < -0.4 is 0 Å². The van der Waals surface area contributed by atoms with E-state index in [1.165, 1.54) is 12.0 Å². The summed E-state index contributed by atoms with van der Waals surface area (Å²) >= 11 is 0. The van der Waals surface area contributed by atoms with E-state index in [4.69, 9.17) is 14.0 Å². The second kappa shape index (κ2) is 6.69. The molecular formula is C17H28N2O3. The van der Waals surface area contributed by atoms with Gasteiger partial charge in [0.1, 0.15) is 5.76 Å². The fraction of sp³-hybridized carbons (Fsp3) is 0.824. The van der Waals surface area contributed by atoms with Crippen LogP contribution in [0.4, 0.5) is 0 Å². The summed E-state index contributed by atoms with van der Waals surface area (Å²) in [7, 11) is 0. The zero-order valence-corrected chi connectivity index (χ0v) is 14.1. The van der Waals surface area contributed by atoms with Gasteiger partial charge in [-0.1, -0.05) is 5.16 Å². The average molecular weight is 308 g/mol. The van der Waals surface area contributed by atoms with Gasteiger partial charge in [0, 0.05) is 43.8 Å². The van der Waals surface area contributed by atoms with Gasteiger partial charge in [0.25, 0.3) is 0 Å². The minimum absolute atomic E-state index is 0.158. The number of nitrogens with zero attached hydrogens (tertiary/aromatic N) is 2. The van der Waals surface area contributed by atoms with Gasteiger partial charge in [-0.05, 0) is 40.0 Å². The van der Waals surface area contributed by atoms with Crippen LogP contribution >= 0.6 is 0 Å². The summed E-state index contributed by atoms with van der Waals surface area (Å²) < 4.78 is 17.2. The minimum Gasteiger partial charge on any atom is -0.381 e. The van der Waals surface area contributed by atoms with E-state index in [9.17, 15) is 0 Å². The summed E-state index contributed by atoms with van der Waals surface area (Å²) in [5.74, 6) is 0.943. The number of aromatic nitrogens is 1. The summed E-state index contributed by atoms with van der Waals surface area (Å²) in [6.45, 7) is 11.6. The van der Waals surface area contributed by atoms with Crippen molar-refractivity contribution in [3.63, 3.8) is 0 Å². The molecule has 0 spiro atoms. The van der Waals surface area contributed by atoms with Gasteiger partial charge in [-0.2, -0.15) is 0 Å². The summed E-state index contributed by atoms with van der Waals surface area (Å²) in [4.78, 5) is 2.52. The van der Waals surface area contributed by atoms with E-state index < -0.39 is 0 Å². The molecule has 3 heterocycles. The van der Waals surface area contributed by atoms with Crippen molar-refractivity contribution in [1.82, 2.24) is 10.1 Å². The molecule has 0 amide bonds. The van der Waals surface area contributed by atoms with Gasteiger partial charge >= 0.3 is 0 Å². The molecule has 5 heteroatoms. The van der Waals surface area contributed by atoms with Crippen LogP contribution in [0.25, 0.3) is 0 Å². The maximum atomic E-state index is 6.08. The van der Waals surface area contributed by atoms with E-state index in [1.54, 1.807) is 0 Å². The molecule has 2 saturated heterocycles. The second-order valence-corrected chi connectivity index (χ2v) is 6.76. The smallest absolute Gasteiger partial charge is 0.138 e. The van der Waals surface area contributed by atoms with Crippen molar-refractivity contribution in [2.45, 2.75) is 52.7 Å². The molecule has 2 fully saturated rings. The number of likely N-dealkylation sites (tertiary alicyclic amines) is 1. The van der Waals surface area contributed by atoms with Crippen molar-refractivity contribution in [2.24, 2.45) is 5.41 Å². The van der Waals surface area contributed by atoms with Gasteiger partial charge in [-0.3, -0.25) is 4.90 Å². The number of rotatable bonds is 5. The lowest BCUT2D eigenvalue weighted by atomic mass is 9.73. The van der Waals surface area contributed by atoms with Crippen molar-refractivity contribution in [3.8, 4) is 0 Å². The molecule has 0 saturated carbocycles. The Hall–Kier alpha value is -0.910. The highest BCUT2D eigenvalue weighted by Gasteiger charge is 2.46. The second-order valence-electron chi connectivity index (χ2n) is 6.76. The number of hydrogen-bond acceptors (Lipinski definition) is 5. The Bertz CT molecular complexity index is 483. The molecule has 2 atom stereocenters. The highest BCUT2D eigenvalue weighted by atomic mass is 16.5. The van der Waals surface area contributed by atoms with E-state index in [-0.39, 0.29) is 5.41 Å². The molecule has 3 rings (SSSR count). The molecule has 0 bridgehead atoms. The van der Waals surface area contributed by atoms with Crippen molar-refractivity contribution < 1.29 is 14.0 Å². The molecule has 0 N–H and O–H groups in total. The van der Waals surface area contributed by atoms with Crippen LogP contribution in [-0.4, -0.2) is 49.1 Å². The van der Waals surface area contributed by atoms with E-state index in [0.717, 1.165) is 63.8 Å². The molecule has 0 unspecified atom stereocenters. The van der Waals surface area contributed by atoms with Crippen LogP contribution in [0.5, 0.6) is 0 Å². The molecule has 2 aliphatic rings. The third-order valence-corrected chi connectivity index (χ3v) is 5.22. The lowest BCUT2D eigenvalue weighted by Gasteiger charge is -2.50. The summed E-state index contributed by atoms with van der Waals surface area (Å²) in [5, 5.41) is 4.08. The van der Waals surface area contributed by atoms with E-state index in [0.29, 0.717) is 6.10 Å². The third kappa shape index (κ3) is 3.07. The fourth-order valence-corrected chi connectivity index (χ4v) is 3.98. The highest BCUT2D eigenvalue weighted by Crippen LogP contribution is 2.41. The van der Waals surface area contributed by atoms with Crippen LogP contribution in [0.3, 0.4) is 0 Å². The fourth-order valence-electron chi connectivity index (χ4n) is 3.98. The zero-order chi connectivity index (χ0) is 15.6. The maximum Gasteiger partial charge on any atom is 0.138 e. The first kappa shape index (κ1) is 16.0. The van der Waals surface area contributed by atoms with Crippen LogP contribution in [0.2, 0.25) is 0 Å². The van der Waals surface area contributed by atoms with Crippen molar-refractivity contribution in [2.75, 3.05) is 32.9 Å². The largest absolute Gasteiger partial charge is 0.381 e. The number of aryl methyl sites for hydroxylation is 2. The quantitative estimate of drug-likeness (QED) is 0.837. The molecule has 1 aromatic rings. The number of ether oxygens (including phenoxy) is 2. The van der Waals surface area contributed by atoms with Crippen LogP contribution in [-0.2, 0) is 16.0 Å². The van der Waals surface area contributed by atoms with E-state index >= 15 is 0 Å². The van der Waals surface area contributed by atoms with Gasteiger partial charge in [-0.25, -0.2) is 0 Å². The Kier molecular flexibility index (Phi) is 4.85. The van der Waals surface area contributed by atoms with Gasteiger partial charge in [0.05, 0.1) is 18.4 Å². The Morgan fingerprint density at radius 3 is 3.00 bits per heavy atom. The van der Waals surface area contributed by atoms with Gasteiger partial charge in [0.2, 0.25) is 0 Å². The van der Waals surface area contributed by atoms with Gasteiger partial charge in [-0.15, -0.1) is 0 Å². The normalized spacial score (nSPS) is 29.5. The molecule has 0 aliphatic carbocycles. The Balaban J connectivity index is 1.72. The monoisotopic (exact) mass is 308 g/mol. The topological polar surface area (TPSA) is 47.7 Å². The zero-order valence-electron chi connectivity index (χ0n) is 14.1. The lowest BCUT2D eigenvalue weighted by Crippen LogP contribution is -2.56. The lowest BCUT2D eigenvalue weighted by molar-refractivity contribution is -0.153. The first-order valence-corrected chi connectivity index (χ1v) is 8.48. The predicted octanol–water partition coefficient (Wildman–Crippen LogP) is 2.70. The Morgan fingerprint density at radius 1 is 1.41 bits per heavy atom. The van der Waals surface area contributed by atoms with Crippen LogP contribution in [0.15, 0.2) is 4.52 Å². The van der Waals surface area contributed by atoms with Crippen LogP contribution in [0, 0.1) is 19.3 Å². The van der Waals surface area contributed by atoms with Crippen molar-refractivity contribution in [1.29, 1.82) is 0 Å². The van der Waals surface area contributed by atoms with Gasteiger partial charge < -0.3 is 14.0 Å². The molecule has 1 aromatic heterocycles. The molecular weight excluding hydrogens is 280 g/mol. The summed E-state index contributed by atoms with van der Waals surface area (Å²) in [6, 6.07) is 0. The molecule has 124 valence electrons. The van der Waals surface area contributed by atoms with Gasteiger partial charge in [0.15, 0.2) is 0 Å². The highest BCUT2D eigenvalue weighted by molar-refractivity contribution is 5.20. The molecule has 22 heavy (non-hydrogen) atoms. The number of piperidine rings is 1. The first-order valence-electron chi connectivity index (χ1n) is 8.48. The number of fused-ring (bicyclic) bond motifs is 1. The molecule has 0 aromatic carbocycles. The summed E-state index contributed by atoms with van der Waals surface area (Å²) in [5.41, 5.74) is 2.41. The van der Waals surface area contributed by atoms with Crippen LogP contribution in [0.1, 0.15) is 43.2 Å². The Labute approximate surface area is 132 Å². The van der Waals surface area contributed by atoms with Crippen molar-refractivity contribution >= 4 is 0 Å². The van der Waals surface area contributed by atoms with E-state index in [1.807, 2.05) is 13.8 Å². The molecule has 0 radical (unpaired) electrons. The minimum atomic E-state index is 0.158. The van der Waals surface area contributed by atoms with E-state index in [2.05, 4.69) is 17.0 Å². The predicted molar refractivity (Wildman–Crippen MR) is 83.8 cm³/mol. The molecule has 2 aliphatic heterocycles. The standard InChI is InChI=1S/C17H28N2O3/c1-4-20-12-17-7-5-9-21-16(17)6-8-19(11-17)10-15-13(2)18-22-14(15)3/h16H,4-12H2,1-3H3/t16-,17+/m1/s1. The first-order chi connectivity index (χ1) is 10.6. The van der Waals surface area contributed by atoms with Crippen molar-refractivity contribution in [3.05, 3.63) is 17.0 Å². The maximum absolute atomic E-state index is 6.08.